The average Bonchev–Trinajstić information content (AvgIpc) is 2.96. The molecule has 2 unspecified atom stereocenters. The normalized spacial score (nSPS) is 17.0. The zero-order valence-electron chi connectivity index (χ0n) is 29.2. The van der Waals surface area contributed by atoms with E-state index < -0.39 is 132 Å². The lowest BCUT2D eigenvalue weighted by molar-refractivity contribution is -0.441. The van der Waals surface area contributed by atoms with Crippen molar-refractivity contribution in [3.63, 3.8) is 0 Å². The third kappa shape index (κ3) is 9.57. The number of halogens is 26. The first-order valence-electron chi connectivity index (χ1n) is 14.7. The highest BCUT2D eigenvalue weighted by atomic mass is 19.4. The number of carbonyl (C=O) groups is 2. The number of carbonyl (C=O) groups excluding carboxylic acids is 2. The molecule has 0 fully saturated rings. The predicted octanol–water partition coefficient (Wildman–Crippen LogP) is 11.7. The van der Waals surface area contributed by atoms with Crippen molar-refractivity contribution in [1.29, 1.82) is 0 Å². The van der Waals surface area contributed by atoms with Crippen molar-refractivity contribution in [2.75, 3.05) is 0 Å². The molecule has 0 N–H and O–H groups in total. The molecule has 0 bridgehead atoms. The standard InChI is InChI=1S/C28H26F26O4/c1-15(2,3)11(9-17(29,30)19(33,34)21(37,38)23(41,42)25(45,46)27(49,50)51)57-13(55)7-8-14(56)58-12(16(4,5)6)10-18(31,32)20(35,36)22(39,40)24(43,44)26(47,48)28(52,53)54/h7-8,11-12H,9-10H2,1-6H3/b8-7+. The molecule has 0 amide bonds. The Hall–Kier alpha value is -3.14. The van der Waals surface area contributed by atoms with Crippen LogP contribution >= 0.6 is 0 Å². The maximum Gasteiger partial charge on any atom is 0.460 e. The zero-order chi connectivity index (χ0) is 47.6. The molecule has 0 aliphatic carbocycles. The van der Waals surface area contributed by atoms with Gasteiger partial charge in [0, 0.05) is 12.2 Å². The molecule has 0 aromatic rings. The number of hydrogen-bond donors (Lipinski definition) is 0. The summed E-state index contributed by atoms with van der Waals surface area (Å²) in [5.74, 6) is -83.1. The van der Waals surface area contributed by atoms with Crippen LogP contribution in [0.1, 0.15) is 54.4 Å². The van der Waals surface area contributed by atoms with Crippen molar-refractivity contribution in [3.8, 4) is 0 Å². The summed E-state index contributed by atoms with van der Waals surface area (Å²) in [7, 11) is 0. The summed E-state index contributed by atoms with van der Waals surface area (Å²) in [6.07, 6.45) is -28.5. The quantitative estimate of drug-likeness (QED) is 0.0879. The van der Waals surface area contributed by atoms with E-state index in [1.54, 1.807) is 0 Å². The lowest BCUT2D eigenvalue weighted by Crippen LogP contribution is -2.70. The number of hydrogen-bond acceptors (Lipinski definition) is 4. The molecule has 0 radical (unpaired) electrons. The van der Waals surface area contributed by atoms with Crippen molar-refractivity contribution < 1.29 is 133 Å². The van der Waals surface area contributed by atoms with Gasteiger partial charge in [-0.1, -0.05) is 41.5 Å². The molecule has 0 heterocycles. The molecule has 0 spiro atoms. The molecule has 58 heavy (non-hydrogen) atoms. The largest absolute Gasteiger partial charge is 0.460 e. The first-order valence-corrected chi connectivity index (χ1v) is 14.7. The zero-order valence-corrected chi connectivity index (χ0v) is 29.2. The second-order valence-corrected chi connectivity index (χ2v) is 14.3. The average molecular weight is 920 g/mol. The third-order valence-corrected chi connectivity index (χ3v) is 7.68. The fourth-order valence-electron chi connectivity index (χ4n) is 3.87. The van der Waals surface area contributed by atoms with Gasteiger partial charge in [-0.05, 0) is 10.8 Å². The summed E-state index contributed by atoms with van der Waals surface area (Å²) in [6.45, 7) is 3.72. The topological polar surface area (TPSA) is 52.6 Å². The molecule has 0 aliphatic rings. The SMILES string of the molecule is CC(C)(C)C(CC(F)(F)C(F)(F)C(F)(F)C(F)(F)C(F)(F)C(F)(F)F)OC(=O)/C=C/C(=O)OC(CC(F)(F)C(F)(F)C(F)(F)C(F)(F)C(F)(F)C(F)(F)F)C(C)(C)C. The molecular weight excluding hydrogens is 894 g/mol. The summed E-state index contributed by atoms with van der Waals surface area (Å²) in [6, 6.07) is 0. The molecule has 0 aliphatic heterocycles. The number of alkyl halides is 26. The van der Waals surface area contributed by atoms with Crippen molar-refractivity contribution >= 4 is 11.9 Å². The second-order valence-electron chi connectivity index (χ2n) is 14.3. The first kappa shape index (κ1) is 54.9. The summed E-state index contributed by atoms with van der Waals surface area (Å²) in [4.78, 5) is 24.4. The van der Waals surface area contributed by atoms with Crippen LogP contribution in [0.4, 0.5) is 114 Å². The Bertz CT molecular complexity index is 1380. The van der Waals surface area contributed by atoms with Crippen LogP contribution in [0.15, 0.2) is 12.2 Å². The van der Waals surface area contributed by atoms with E-state index in [0.29, 0.717) is 41.5 Å². The van der Waals surface area contributed by atoms with E-state index in [1.165, 1.54) is 0 Å². The summed E-state index contributed by atoms with van der Waals surface area (Å²) < 4.78 is 360. The molecule has 0 aromatic heterocycles. The van der Waals surface area contributed by atoms with Crippen molar-refractivity contribution in [1.82, 2.24) is 0 Å². The van der Waals surface area contributed by atoms with Crippen LogP contribution in [0.25, 0.3) is 0 Å². The maximum atomic E-state index is 14.5. The highest BCUT2D eigenvalue weighted by molar-refractivity contribution is 5.91. The highest BCUT2D eigenvalue weighted by Crippen LogP contribution is 2.63. The number of esters is 2. The van der Waals surface area contributed by atoms with E-state index in [2.05, 4.69) is 9.47 Å². The van der Waals surface area contributed by atoms with Crippen LogP contribution in [-0.4, -0.2) is 95.7 Å². The first-order chi connectivity index (χ1) is 24.7. The Kier molecular flexibility index (Phi) is 14.6. The maximum absolute atomic E-state index is 14.5. The minimum atomic E-state index is -8.29. The van der Waals surface area contributed by atoms with E-state index >= 15 is 0 Å². The van der Waals surface area contributed by atoms with Crippen LogP contribution in [0.2, 0.25) is 0 Å². The van der Waals surface area contributed by atoms with Gasteiger partial charge in [0.15, 0.2) is 0 Å². The molecular formula is C28H26F26O4. The number of ether oxygens (including phenoxy) is 2. The lowest BCUT2D eigenvalue weighted by Gasteiger charge is -2.41. The Morgan fingerprint density at radius 1 is 0.362 bits per heavy atom. The summed E-state index contributed by atoms with van der Waals surface area (Å²) in [5, 5.41) is 0. The van der Waals surface area contributed by atoms with E-state index in [0.717, 1.165) is 0 Å². The molecule has 0 saturated carbocycles. The molecule has 0 aromatic carbocycles. The van der Waals surface area contributed by atoms with Crippen LogP contribution < -0.4 is 0 Å². The molecule has 0 rings (SSSR count). The van der Waals surface area contributed by atoms with E-state index in [4.69, 9.17) is 0 Å². The Morgan fingerprint density at radius 3 is 0.724 bits per heavy atom. The minimum Gasteiger partial charge on any atom is -0.458 e. The molecule has 4 nitrogen and oxygen atoms in total. The Labute approximate surface area is 307 Å². The van der Waals surface area contributed by atoms with Gasteiger partial charge in [-0.3, -0.25) is 0 Å². The predicted molar refractivity (Wildman–Crippen MR) is 139 cm³/mol. The van der Waals surface area contributed by atoms with Gasteiger partial charge < -0.3 is 9.47 Å². The molecule has 30 heteroatoms. The van der Waals surface area contributed by atoms with Gasteiger partial charge in [0.25, 0.3) is 0 Å². The van der Waals surface area contributed by atoms with Gasteiger partial charge >= 0.3 is 83.5 Å². The van der Waals surface area contributed by atoms with Crippen LogP contribution in [-0.2, 0) is 19.1 Å². The lowest BCUT2D eigenvalue weighted by atomic mass is 9.82. The van der Waals surface area contributed by atoms with Crippen LogP contribution in [0.3, 0.4) is 0 Å². The Balaban J connectivity index is 6.54. The fourth-order valence-corrected chi connectivity index (χ4v) is 3.87. The Morgan fingerprint density at radius 2 is 0.552 bits per heavy atom. The number of rotatable bonds is 16. The van der Waals surface area contributed by atoms with Crippen molar-refractivity contribution in [3.05, 3.63) is 12.2 Å². The van der Waals surface area contributed by atoms with Gasteiger partial charge in [0.05, 0.1) is 12.8 Å². The van der Waals surface area contributed by atoms with E-state index in [1.807, 2.05) is 0 Å². The fraction of sp³-hybridized carbons (Fsp3) is 0.857. The minimum absolute atomic E-state index is 0.398. The van der Waals surface area contributed by atoms with E-state index in [-0.39, 0.29) is 0 Å². The van der Waals surface area contributed by atoms with Gasteiger partial charge in [0.1, 0.15) is 12.2 Å². The summed E-state index contributed by atoms with van der Waals surface area (Å²) >= 11 is 0. The smallest absolute Gasteiger partial charge is 0.458 e. The van der Waals surface area contributed by atoms with Gasteiger partial charge in [-0.15, -0.1) is 0 Å². The second kappa shape index (κ2) is 15.4. The van der Waals surface area contributed by atoms with Gasteiger partial charge in [0.2, 0.25) is 0 Å². The van der Waals surface area contributed by atoms with Crippen LogP contribution in [0, 0.1) is 10.8 Å². The van der Waals surface area contributed by atoms with Crippen molar-refractivity contribution in [2.45, 2.75) is 138 Å². The van der Waals surface area contributed by atoms with Gasteiger partial charge in [-0.25, -0.2) is 9.59 Å². The monoisotopic (exact) mass is 920 g/mol. The molecule has 0 saturated heterocycles. The van der Waals surface area contributed by atoms with Crippen LogP contribution in [0.5, 0.6) is 0 Å². The molecule has 2 atom stereocenters. The highest BCUT2D eigenvalue weighted by Gasteiger charge is 2.92. The van der Waals surface area contributed by atoms with Gasteiger partial charge in [-0.2, -0.15) is 114 Å². The molecule has 344 valence electrons. The third-order valence-electron chi connectivity index (χ3n) is 7.68. The van der Waals surface area contributed by atoms with Crippen molar-refractivity contribution in [2.24, 2.45) is 10.8 Å². The van der Waals surface area contributed by atoms with E-state index in [9.17, 15) is 124 Å². The summed E-state index contributed by atoms with van der Waals surface area (Å²) in [5.41, 5.74) is -4.54.